The summed E-state index contributed by atoms with van der Waals surface area (Å²) in [5.41, 5.74) is 2.30. The van der Waals surface area contributed by atoms with Gasteiger partial charge in [-0.1, -0.05) is 0 Å². The van der Waals surface area contributed by atoms with Gasteiger partial charge in [-0.3, -0.25) is 10.1 Å². The van der Waals surface area contributed by atoms with Crippen molar-refractivity contribution in [2.45, 2.75) is 16.4 Å². The molecule has 1 fully saturated rings. The average Bonchev–Trinajstić information content (AvgIpc) is 3.35. The molecule has 1 amide bonds. The molecule has 12 heteroatoms. The first-order valence-electron chi connectivity index (χ1n) is 11.1. The van der Waals surface area contributed by atoms with Gasteiger partial charge in [-0.2, -0.15) is 16.1 Å². The highest BCUT2D eigenvalue weighted by Gasteiger charge is 2.26. The number of carbonyl (C=O) groups excluding carboxylic acids is 1. The first-order valence-corrected chi connectivity index (χ1v) is 14.6. The normalized spacial score (nSPS) is 14.4. The minimum atomic E-state index is -3.60. The number of nitrogens with zero attached hydrogens (tertiary/aromatic N) is 2. The van der Waals surface area contributed by atoms with Gasteiger partial charge in [0.1, 0.15) is 11.5 Å². The number of carbonyl (C=O) groups is 1. The summed E-state index contributed by atoms with van der Waals surface area (Å²) in [5, 5.41) is 5.19. The van der Waals surface area contributed by atoms with Gasteiger partial charge in [-0.25, -0.2) is 13.4 Å². The summed E-state index contributed by atoms with van der Waals surface area (Å²) in [5.74, 6) is 2.58. The van der Waals surface area contributed by atoms with Crippen LogP contribution in [-0.2, 0) is 26.3 Å². The summed E-state index contributed by atoms with van der Waals surface area (Å²) >= 11 is 3.04. The first-order chi connectivity index (χ1) is 17.4. The van der Waals surface area contributed by atoms with Crippen LogP contribution in [0.3, 0.4) is 0 Å². The molecule has 1 aliphatic rings. The molecule has 4 rings (SSSR count). The Morgan fingerprint density at radius 2 is 1.75 bits per heavy atom. The van der Waals surface area contributed by atoms with E-state index in [0.29, 0.717) is 42.8 Å². The van der Waals surface area contributed by atoms with Gasteiger partial charge in [0.25, 0.3) is 5.91 Å². The van der Waals surface area contributed by atoms with Crippen LogP contribution in [0.1, 0.15) is 21.6 Å². The fraction of sp³-hybridized carbons (Fsp3) is 0.333. The highest BCUT2D eigenvalue weighted by atomic mass is 32.2. The van der Waals surface area contributed by atoms with Crippen molar-refractivity contribution in [3.05, 3.63) is 64.7 Å². The second-order valence-corrected chi connectivity index (χ2v) is 11.6. The van der Waals surface area contributed by atoms with Gasteiger partial charge in [0.05, 0.1) is 38.0 Å². The SMILES string of the molecule is COc1cc(CSCc2csc(NC(=O)c3ccc(S(=O)(=O)N4CCOCC4)cc3)n2)cc(OC)c1. The van der Waals surface area contributed by atoms with E-state index < -0.39 is 10.0 Å². The molecule has 2 heterocycles. The molecule has 36 heavy (non-hydrogen) atoms. The van der Waals surface area contributed by atoms with Crippen LogP contribution in [0, 0.1) is 0 Å². The van der Waals surface area contributed by atoms with E-state index in [0.717, 1.165) is 28.5 Å². The molecule has 0 radical (unpaired) electrons. The number of hydrogen-bond acceptors (Lipinski definition) is 9. The molecule has 0 spiro atoms. The van der Waals surface area contributed by atoms with Crippen LogP contribution in [0.5, 0.6) is 11.5 Å². The minimum Gasteiger partial charge on any atom is -0.497 e. The molecule has 192 valence electrons. The number of aromatic nitrogens is 1. The summed E-state index contributed by atoms with van der Waals surface area (Å²) in [7, 11) is -0.355. The summed E-state index contributed by atoms with van der Waals surface area (Å²) in [4.78, 5) is 17.3. The second kappa shape index (κ2) is 12.1. The van der Waals surface area contributed by atoms with E-state index in [9.17, 15) is 13.2 Å². The lowest BCUT2D eigenvalue weighted by atomic mass is 10.2. The standard InChI is InChI=1S/C24H27N3O6S3/c1-31-20-11-17(12-21(13-20)32-2)14-34-15-19-16-35-24(25-19)26-23(28)18-3-5-22(6-4-18)36(29,30)27-7-9-33-10-8-27/h3-6,11-13,16H,7-10,14-15H2,1-2H3,(H,25,26,28). The lowest BCUT2D eigenvalue weighted by Crippen LogP contribution is -2.40. The summed E-state index contributed by atoms with van der Waals surface area (Å²) in [6, 6.07) is 11.7. The molecular weight excluding hydrogens is 522 g/mol. The summed E-state index contributed by atoms with van der Waals surface area (Å²) in [6.07, 6.45) is 0. The quantitative estimate of drug-likeness (QED) is 0.406. The van der Waals surface area contributed by atoms with E-state index in [-0.39, 0.29) is 10.8 Å². The monoisotopic (exact) mass is 549 g/mol. The summed E-state index contributed by atoms with van der Waals surface area (Å²) in [6.45, 7) is 1.40. The third-order valence-corrected chi connectivity index (χ3v) is 9.18. The highest BCUT2D eigenvalue weighted by Crippen LogP contribution is 2.27. The topological polar surface area (TPSA) is 107 Å². The zero-order valence-corrected chi connectivity index (χ0v) is 22.4. The molecular formula is C24H27N3O6S3. The van der Waals surface area contributed by atoms with Crippen LogP contribution in [0.4, 0.5) is 5.13 Å². The van der Waals surface area contributed by atoms with Crippen molar-refractivity contribution in [1.82, 2.24) is 9.29 Å². The van der Waals surface area contributed by atoms with Crippen molar-refractivity contribution in [3.63, 3.8) is 0 Å². The zero-order chi connectivity index (χ0) is 25.5. The van der Waals surface area contributed by atoms with Gasteiger partial charge in [0.15, 0.2) is 5.13 Å². The Labute approximate surface area is 218 Å². The Morgan fingerprint density at radius 1 is 1.08 bits per heavy atom. The van der Waals surface area contributed by atoms with Crippen molar-refractivity contribution in [2.75, 3.05) is 45.8 Å². The maximum atomic E-state index is 12.8. The number of thiazole rings is 1. The number of ether oxygens (including phenoxy) is 3. The Hall–Kier alpha value is -2.64. The second-order valence-electron chi connectivity index (χ2n) is 7.85. The molecule has 1 aliphatic heterocycles. The van der Waals surface area contributed by atoms with Crippen LogP contribution < -0.4 is 14.8 Å². The van der Waals surface area contributed by atoms with Crippen molar-refractivity contribution in [3.8, 4) is 11.5 Å². The van der Waals surface area contributed by atoms with E-state index in [1.165, 1.54) is 39.9 Å². The number of morpholine rings is 1. The number of nitrogens with one attached hydrogen (secondary N) is 1. The molecule has 1 aromatic heterocycles. The smallest absolute Gasteiger partial charge is 0.257 e. The molecule has 1 saturated heterocycles. The number of hydrogen-bond donors (Lipinski definition) is 1. The van der Waals surface area contributed by atoms with Crippen LogP contribution in [0.25, 0.3) is 0 Å². The zero-order valence-electron chi connectivity index (χ0n) is 19.9. The molecule has 0 saturated carbocycles. The van der Waals surface area contributed by atoms with E-state index in [1.807, 2.05) is 23.6 Å². The molecule has 1 N–H and O–H groups in total. The maximum Gasteiger partial charge on any atom is 0.257 e. The number of benzene rings is 2. The molecule has 0 atom stereocenters. The lowest BCUT2D eigenvalue weighted by Gasteiger charge is -2.26. The Balaban J connectivity index is 1.31. The Bertz CT molecular complexity index is 1270. The van der Waals surface area contributed by atoms with Gasteiger partial charge >= 0.3 is 0 Å². The van der Waals surface area contributed by atoms with Crippen molar-refractivity contribution in [2.24, 2.45) is 0 Å². The summed E-state index contributed by atoms with van der Waals surface area (Å²) < 4.78 is 42.7. The highest BCUT2D eigenvalue weighted by molar-refractivity contribution is 7.97. The average molecular weight is 550 g/mol. The number of sulfonamides is 1. The van der Waals surface area contributed by atoms with Crippen molar-refractivity contribution < 1.29 is 27.4 Å². The van der Waals surface area contributed by atoms with Crippen molar-refractivity contribution in [1.29, 1.82) is 0 Å². The maximum absolute atomic E-state index is 12.8. The fourth-order valence-corrected chi connectivity index (χ4v) is 6.62. The predicted octanol–water partition coefficient (Wildman–Crippen LogP) is 3.87. The number of methoxy groups -OCH3 is 2. The Morgan fingerprint density at radius 3 is 2.39 bits per heavy atom. The Kier molecular flexibility index (Phi) is 8.86. The minimum absolute atomic E-state index is 0.156. The lowest BCUT2D eigenvalue weighted by molar-refractivity contribution is 0.0730. The molecule has 0 bridgehead atoms. The van der Waals surface area contributed by atoms with Gasteiger partial charge in [-0.05, 0) is 42.0 Å². The number of amides is 1. The van der Waals surface area contributed by atoms with E-state index in [1.54, 1.807) is 26.0 Å². The molecule has 2 aromatic carbocycles. The van der Waals surface area contributed by atoms with E-state index in [4.69, 9.17) is 14.2 Å². The van der Waals surface area contributed by atoms with Crippen molar-refractivity contribution >= 4 is 44.2 Å². The van der Waals surface area contributed by atoms with E-state index in [2.05, 4.69) is 10.3 Å². The third-order valence-electron chi connectivity index (χ3n) is 5.43. The van der Waals surface area contributed by atoms with Crippen LogP contribution in [0.15, 0.2) is 52.7 Å². The van der Waals surface area contributed by atoms with Crippen LogP contribution >= 0.6 is 23.1 Å². The van der Waals surface area contributed by atoms with Crippen LogP contribution in [-0.4, -0.2) is 64.1 Å². The molecule has 3 aromatic rings. The fourth-order valence-electron chi connectivity index (χ4n) is 3.54. The number of thioether (sulfide) groups is 1. The first kappa shape index (κ1) is 26.4. The number of rotatable bonds is 10. The molecule has 9 nitrogen and oxygen atoms in total. The van der Waals surface area contributed by atoms with Crippen LogP contribution in [0.2, 0.25) is 0 Å². The van der Waals surface area contributed by atoms with Gasteiger partial charge in [0.2, 0.25) is 10.0 Å². The number of anilines is 1. The molecule has 0 unspecified atom stereocenters. The molecule has 0 aliphatic carbocycles. The predicted molar refractivity (Wildman–Crippen MR) is 141 cm³/mol. The van der Waals surface area contributed by atoms with Gasteiger partial charge in [-0.15, -0.1) is 11.3 Å². The van der Waals surface area contributed by atoms with Gasteiger partial charge < -0.3 is 14.2 Å². The van der Waals surface area contributed by atoms with Gasteiger partial charge in [0, 0.05) is 41.6 Å². The third kappa shape index (κ3) is 6.56. The largest absolute Gasteiger partial charge is 0.497 e. The van der Waals surface area contributed by atoms with E-state index >= 15 is 0 Å².